The number of rotatable bonds is 6. The van der Waals surface area contributed by atoms with Crippen LogP contribution < -0.4 is 10.6 Å². The highest BCUT2D eigenvalue weighted by Crippen LogP contribution is 2.28. The number of hydrogen-bond donors (Lipinski definition) is 3. The average molecular weight is 505 g/mol. The molecule has 0 saturated carbocycles. The normalized spacial score (nSPS) is 18.1. The van der Waals surface area contributed by atoms with Crippen molar-refractivity contribution in [3.63, 3.8) is 0 Å². The lowest BCUT2D eigenvalue weighted by molar-refractivity contribution is -0.142. The molecule has 2 amide bonds. The van der Waals surface area contributed by atoms with Crippen molar-refractivity contribution >= 4 is 23.2 Å². The first-order chi connectivity index (χ1) is 16.6. The van der Waals surface area contributed by atoms with Gasteiger partial charge in [-0.25, -0.2) is 4.98 Å². The SMILES string of the molecule is CC.CC.CNC(C(=O)N1CC(O)CC1C(=O)NCc1ccc(-c2scnc2C)cc1)C(C)(C)C. The number of hydrogen-bond acceptors (Lipinski definition) is 6. The molecule has 0 radical (unpaired) electrons. The number of aryl methyl sites for hydroxylation is 1. The molecular formula is C27H44N4O3S. The lowest BCUT2D eigenvalue weighted by atomic mass is 9.86. The van der Waals surface area contributed by atoms with E-state index in [1.54, 1.807) is 18.4 Å². The Bertz CT molecular complexity index is 921. The van der Waals surface area contributed by atoms with Crippen LogP contribution in [-0.2, 0) is 16.1 Å². The summed E-state index contributed by atoms with van der Waals surface area (Å²) in [6.07, 6.45) is -0.444. The van der Waals surface area contributed by atoms with E-state index in [4.69, 9.17) is 0 Å². The number of β-amino-alcohol motifs (C(OH)–C–C–N with tert-alkyl or cyclic N) is 1. The maximum absolute atomic E-state index is 13.1. The van der Waals surface area contributed by atoms with E-state index >= 15 is 0 Å². The smallest absolute Gasteiger partial charge is 0.243 e. The van der Waals surface area contributed by atoms with Gasteiger partial charge in [-0.1, -0.05) is 72.7 Å². The van der Waals surface area contributed by atoms with Crippen molar-refractivity contribution in [2.45, 2.75) is 86.5 Å². The molecule has 0 aliphatic carbocycles. The molecule has 8 heteroatoms. The quantitative estimate of drug-likeness (QED) is 0.543. The van der Waals surface area contributed by atoms with Crippen LogP contribution in [0.1, 0.15) is 66.1 Å². The molecule has 3 rings (SSSR count). The first-order valence-electron chi connectivity index (χ1n) is 12.5. The number of aliphatic hydroxyl groups is 1. The van der Waals surface area contributed by atoms with E-state index in [9.17, 15) is 14.7 Å². The summed E-state index contributed by atoms with van der Waals surface area (Å²) in [5, 5.41) is 16.2. The Morgan fingerprint density at radius 1 is 1.17 bits per heavy atom. The predicted molar refractivity (Wildman–Crippen MR) is 145 cm³/mol. The van der Waals surface area contributed by atoms with Gasteiger partial charge in [-0.2, -0.15) is 0 Å². The maximum atomic E-state index is 13.1. The average Bonchev–Trinajstić information content (AvgIpc) is 3.45. The van der Waals surface area contributed by atoms with Crippen molar-refractivity contribution < 1.29 is 14.7 Å². The highest BCUT2D eigenvalue weighted by atomic mass is 32.1. The second kappa shape index (κ2) is 14.3. The maximum Gasteiger partial charge on any atom is 0.243 e. The number of benzene rings is 1. The molecule has 0 bridgehead atoms. The molecule has 2 aromatic rings. The van der Waals surface area contributed by atoms with Gasteiger partial charge in [0.2, 0.25) is 11.8 Å². The van der Waals surface area contributed by atoms with Crippen molar-refractivity contribution in [3.05, 3.63) is 41.0 Å². The zero-order valence-corrected chi connectivity index (χ0v) is 23.6. The van der Waals surface area contributed by atoms with E-state index in [1.807, 2.05) is 85.2 Å². The van der Waals surface area contributed by atoms with Crippen molar-refractivity contribution in [2.75, 3.05) is 13.6 Å². The lowest BCUT2D eigenvalue weighted by Gasteiger charge is -2.34. The van der Waals surface area contributed by atoms with E-state index in [0.29, 0.717) is 6.54 Å². The van der Waals surface area contributed by atoms with Gasteiger partial charge in [0.1, 0.15) is 6.04 Å². The van der Waals surface area contributed by atoms with Gasteiger partial charge in [0, 0.05) is 19.5 Å². The Kier molecular flexibility index (Phi) is 12.6. The van der Waals surface area contributed by atoms with E-state index in [-0.39, 0.29) is 30.2 Å². The zero-order valence-electron chi connectivity index (χ0n) is 22.8. The molecule has 1 aliphatic heterocycles. The topological polar surface area (TPSA) is 94.6 Å². The fraction of sp³-hybridized carbons (Fsp3) is 0.593. The minimum atomic E-state index is -0.695. The summed E-state index contributed by atoms with van der Waals surface area (Å²) in [6, 6.07) is 6.92. The number of nitrogens with zero attached hydrogens (tertiary/aromatic N) is 2. The largest absolute Gasteiger partial charge is 0.391 e. The molecule has 3 atom stereocenters. The Labute approximate surface area is 215 Å². The highest BCUT2D eigenvalue weighted by molar-refractivity contribution is 7.13. The molecule has 1 saturated heterocycles. The third-order valence-electron chi connectivity index (χ3n) is 5.69. The van der Waals surface area contributed by atoms with Crippen LogP contribution in [0.25, 0.3) is 10.4 Å². The fourth-order valence-electron chi connectivity index (χ4n) is 4.06. The van der Waals surface area contributed by atoms with E-state index in [1.165, 1.54) is 4.90 Å². The number of carbonyl (C=O) groups excluding carboxylic acids is 2. The van der Waals surface area contributed by atoms with Crippen LogP contribution in [0.15, 0.2) is 29.8 Å². The van der Waals surface area contributed by atoms with E-state index in [0.717, 1.165) is 21.7 Å². The van der Waals surface area contributed by atoms with Crippen molar-refractivity contribution in [2.24, 2.45) is 5.41 Å². The van der Waals surface area contributed by atoms with Crippen LogP contribution in [0.3, 0.4) is 0 Å². The number of likely N-dealkylation sites (N-methyl/N-ethyl adjacent to an activating group) is 1. The summed E-state index contributed by atoms with van der Waals surface area (Å²) in [7, 11) is 1.74. The number of likely N-dealkylation sites (tertiary alicyclic amines) is 1. The van der Waals surface area contributed by atoms with Crippen LogP contribution in [0, 0.1) is 12.3 Å². The molecule has 0 spiro atoms. The van der Waals surface area contributed by atoms with Gasteiger partial charge in [0.25, 0.3) is 0 Å². The lowest BCUT2D eigenvalue weighted by Crippen LogP contribution is -2.55. The minimum Gasteiger partial charge on any atom is -0.391 e. The van der Waals surface area contributed by atoms with Crippen molar-refractivity contribution in [3.8, 4) is 10.4 Å². The number of carbonyl (C=O) groups is 2. The second-order valence-corrected chi connectivity index (χ2v) is 10.0. The van der Waals surface area contributed by atoms with Crippen LogP contribution in [-0.4, -0.2) is 58.6 Å². The Hall–Kier alpha value is -2.29. The second-order valence-electron chi connectivity index (χ2n) is 9.17. The van der Waals surface area contributed by atoms with Crippen LogP contribution >= 0.6 is 11.3 Å². The third kappa shape index (κ3) is 8.12. The molecule has 1 aliphatic rings. The highest BCUT2D eigenvalue weighted by Gasteiger charge is 2.43. The molecular weight excluding hydrogens is 460 g/mol. The van der Waals surface area contributed by atoms with E-state index < -0.39 is 18.2 Å². The van der Waals surface area contributed by atoms with Gasteiger partial charge in [0.15, 0.2) is 0 Å². The standard InChI is InChI=1S/C23H32N4O3S.2C2H6/c1-14-19(31-13-26-14)16-8-6-15(7-9-16)11-25-21(29)18-10-17(28)12-27(18)22(30)20(24-5)23(2,3)4;2*1-2/h6-9,13,17-18,20,24,28H,10-12H2,1-5H3,(H,25,29);2*1-2H3. The number of amides is 2. The Morgan fingerprint density at radius 3 is 2.26 bits per heavy atom. The molecule has 7 nitrogen and oxygen atoms in total. The van der Waals surface area contributed by atoms with Crippen molar-refractivity contribution in [1.82, 2.24) is 20.5 Å². The zero-order chi connectivity index (χ0) is 26.8. The molecule has 1 fully saturated rings. The number of aliphatic hydroxyl groups excluding tert-OH is 1. The summed E-state index contributed by atoms with van der Waals surface area (Å²) >= 11 is 1.61. The summed E-state index contributed by atoms with van der Waals surface area (Å²) < 4.78 is 0. The molecule has 1 aromatic heterocycles. The molecule has 196 valence electrons. The van der Waals surface area contributed by atoms with Crippen molar-refractivity contribution in [1.29, 1.82) is 0 Å². The summed E-state index contributed by atoms with van der Waals surface area (Å²) in [4.78, 5) is 32.9. The first kappa shape index (κ1) is 30.7. The number of thiazole rings is 1. The monoisotopic (exact) mass is 504 g/mol. The summed E-state index contributed by atoms with van der Waals surface area (Å²) in [6.45, 7) is 16.5. The Balaban J connectivity index is 0.00000145. The van der Waals surface area contributed by atoms with Crippen LogP contribution in [0.4, 0.5) is 0 Å². The van der Waals surface area contributed by atoms with Gasteiger partial charge >= 0.3 is 0 Å². The van der Waals surface area contributed by atoms with Crippen LogP contribution in [0.5, 0.6) is 0 Å². The Morgan fingerprint density at radius 2 is 1.77 bits per heavy atom. The summed E-state index contributed by atoms with van der Waals surface area (Å²) in [5.74, 6) is -0.396. The molecule has 3 N–H and O–H groups in total. The predicted octanol–water partition coefficient (Wildman–Crippen LogP) is 4.38. The van der Waals surface area contributed by atoms with Gasteiger partial charge in [-0.05, 0) is 30.5 Å². The number of aromatic nitrogens is 1. The molecule has 35 heavy (non-hydrogen) atoms. The fourth-order valence-corrected chi connectivity index (χ4v) is 4.87. The number of nitrogens with one attached hydrogen (secondary N) is 2. The van der Waals surface area contributed by atoms with E-state index in [2.05, 4.69) is 15.6 Å². The molecule has 2 heterocycles. The van der Waals surface area contributed by atoms with Gasteiger partial charge in [-0.15, -0.1) is 11.3 Å². The van der Waals surface area contributed by atoms with Gasteiger partial charge < -0.3 is 20.6 Å². The first-order valence-corrected chi connectivity index (χ1v) is 13.4. The van der Waals surface area contributed by atoms with Crippen LogP contribution in [0.2, 0.25) is 0 Å². The third-order valence-corrected chi connectivity index (χ3v) is 6.67. The minimum absolute atomic E-state index is 0.156. The summed E-state index contributed by atoms with van der Waals surface area (Å²) in [5.41, 5.74) is 4.61. The molecule has 3 unspecified atom stereocenters. The molecule has 1 aromatic carbocycles. The van der Waals surface area contributed by atoms with Gasteiger partial charge in [0.05, 0.1) is 28.2 Å². The van der Waals surface area contributed by atoms with Gasteiger partial charge in [-0.3, -0.25) is 9.59 Å².